The number of carbonyl (C=O) groups is 1. The van der Waals surface area contributed by atoms with E-state index < -0.39 is 5.97 Å². The molecule has 0 fully saturated rings. The molecule has 0 radical (unpaired) electrons. The molecule has 2 rings (SSSR count). The van der Waals surface area contributed by atoms with Gasteiger partial charge < -0.3 is 10.5 Å². The maximum atomic E-state index is 11.4. The lowest BCUT2D eigenvalue weighted by Gasteiger charge is -1.96. The zero-order valence-electron chi connectivity index (χ0n) is 7.77. The molecule has 0 bridgehead atoms. The number of hydrogen-bond acceptors (Lipinski definition) is 5. The predicted molar refractivity (Wildman–Crippen MR) is 61.5 cm³/mol. The van der Waals surface area contributed by atoms with E-state index in [9.17, 15) is 4.79 Å². The van der Waals surface area contributed by atoms with Gasteiger partial charge >= 0.3 is 5.97 Å². The summed E-state index contributed by atoms with van der Waals surface area (Å²) in [6.45, 7) is 0. The van der Waals surface area contributed by atoms with Crippen LogP contribution in [0.25, 0.3) is 5.65 Å². The van der Waals surface area contributed by atoms with Crippen molar-refractivity contribution >= 4 is 40.0 Å². The molecule has 0 aliphatic rings. The summed E-state index contributed by atoms with van der Waals surface area (Å²) < 4.78 is 6.96. The van der Waals surface area contributed by atoms with E-state index >= 15 is 0 Å². The fourth-order valence-corrected chi connectivity index (χ4v) is 1.63. The fraction of sp³-hybridized carbons (Fsp3) is 0.125. The quantitative estimate of drug-likeness (QED) is 0.618. The highest BCUT2D eigenvalue weighted by Crippen LogP contribution is 2.17. The number of halogens is 1. The summed E-state index contributed by atoms with van der Waals surface area (Å²) in [5.74, 6) is -0.410. The number of methoxy groups -OCH3 is 1. The molecule has 78 valence electrons. The van der Waals surface area contributed by atoms with Crippen LogP contribution >= 0.6 is 22.6 Å². The van der Waals surface area contributed by atoms with Gasteiger partial charge in [0.25, 0.3) is 0 Å². The molecule has 0 atom stereocenters. The van der Waals surface area contributed by atoms with E-state index in [1.807, 2.05) is 0 Å². The predicted octanol–water partition coefficient (Wildman–Crippen LogP) is 0.703. The van der Waals surface area contributed by atoms with Gasteiger partial charge in [-0.2, -0.15) is 0 Å². The van der Waals surface area contributed by atoms with Crippen LogP contribution in [0.1, 0.15) is 10.4 Å². The molecule has 6 nitrogen and oxygen atoms in total. The van der Waals surface area contributed by atoms with Gasteiger partial charge in [0.05, 0.1) is 7.11 Å². The molecule has 0 aliphatic carbocycles. The SMILES string of the molecule is COC(=O)c1c(N)nn2cc(I)cnc12. The standard InChI is InChI=1S/C8H7IN4O2/c1-15-8(14)5-6(10)12-13-3-4(9)2-11-7(5)13/h2-3H,1H3,(H2,10,12). The molecule has 7 heteroatoms. The molecule has 2 heterocycles. The first kappa shape index (κ1) is 10.1. The highest BCUT2D eigenvalue weighted by atomic mass is 127. The Labute approximate surface area is 98.6 Å². The van der Waals surface area contributed by atoms with Gasteiger partial charge in [-0.3, -0.25) is 0 Å². The Morgan fingerprint density at radius 1 is 1.67 bits per heavy atom. The molecule has 0 saturated carbocycles. The fourth-order valence-electron chi connectivity index (χ4n) is 1.23. The van der Waals surface area contributed by atoms with E-state index in [0.29, 0.717) is 5.65 Å². The monoisotopic (exact) mass is 318 g/mol. The van der Waals surface area contributed by atoms with Gasteiger partial charge in [0.15, 0.2) is 11.5 Å². The van der Waals surface area contributed by atoms with Crippen molar-refractivity contribution in [1.29, 1.82) is 0 Å². The summed E-state index contributed by atoms with van der Waals surface area (Å²) >= 11 is 2.10. The van der Waals surface area contributed by atoms with Crippen LogP contribution in [0.2, 0.25) is 0 Å². The highest BCUT2D eigenvalue weighted by Gasteiger charge is 2.19. The Kier molecular flexibility index (Phi) is 2.47. The Morgan fingerprint density at radius 3 is 3.07 bits per heavy atom. The van der Waals surface area contributed by atoms with Crippen LogP contribution in [0, 0.1) is 3.57 Å². The van der Waals surface area contributed by atoms with Crippen LogP contribution in [0.4, 0.5) is 5.82 Å². The molecule has 2 aromatic rings. The Balaban J connectivity index is 2.73. The number of nitrogens with two attached hydrogens (primary N) is 1. The molecule has 2 aromatic heterocycles. The Hall–Kier alpha value is -1.38. The van der Waals surface area contributed by atoms with Crippen LogP contribution in [-0.4, -0.2) is 27.7 Å². The van der Waals surface area contributed by atoms with E-state index in [1.165, 1.54) is 11.6 Å². The molecule has 0 saturated heterocycles. The average Bonchev–Trinajstić information content (AvgIpc) is 2.52. The first-order chi connectivity index (χ1) is 7.13. The van der Waals surface area contributed by atoms with Gasteiger partial charge in [0.1, 0.15) is 5.56 Å². The summed E-state index contributed by atoms with van der Waals surface area (Å²) in [5, 5.41) is 3.97. The first-order valence-electron chi connectivity index (χ1n) is 4.01. The van der Waals surface area contributed by atoms with Crippen molar-refractivity contribution in [2.24, 2.45) is 0 Å². The van der Waals surface area contributed by atoms with Crippen molar-refractivity contribution in [3.05, 3.63) is 21.5 Å². The number of nitrogen functional groups attached to an aromatic ring is 1. The minimum Gasteiger partial charge on any atom is -0.465 e. The normalized spacial score (nSPS) is 10.5. The average molecular weight is 318 g/mol. The van der Waals surface area contributed by atoms with E-state index in [-0.39, 0.29) is 11.4 Å². The number of fused-ring (bicyclic) bond motifs is 1. The van der Waals surface area contributed by atoms with Crippen LogP contribution in [-0.2, 0) is 4.74 Å². The van der Waals surface area contributed by atoms with Gasteiger partial charge in [-0.1, -0.05) is 0 Å². The second kappa shape index (κ2) is 3.65. The summed E-state index contributed by atoms with van der Waals surface area (Å²) in [7, 11) is 1.29. The van der Waals surface area contributed by atoms with Crippen LogP contribution in [0.15, 0.2) is 12.4 Å². The van der Waals surface area contributed by atoms with Crippen molar-refractivity contribution in [2.45, 2.75) is 0 Å². The third kappa shape index (κ3) is 1.62. The zero-order valence-corrected chi connectivity index (χ0v) is 9.93. The maximum Gasteiger partial charge on any atom is 0.345 e. The highest BCUT2D eigenvalue weighted by molar-refractivity contribution is 14.1. The molecule has 0 spiro atoms. The van der Waals surface area contributed by atoms with Gasteiger partial charge in [-0.15, -0.1) is 5.10 Å². The van der Waals surface area contributed by atoms with Crippen molar-refractivity contribution in [3.8, 4) is 0 Å². The first-order valence-corrected chi connectivity index (χ1v) is 5.09. The van der Waals surface area contributed by atoms with Crippen molar-refractivity contribution in [3.63, 3.8) is 0 Å². The molecular weight excluding hydrogens is 311 g/mol. The Morgan fingerprint density at radius 2 is 2.40 bits per heavy atom. The molecule has 0 unspecified atom stereocenters. The second-order valence-corrected chi connectivity index (χ2v) is 4.04. The van der Waals surface area contributed by atoms with Crippen molar-refractivity contribution in [1.82, 2.24) is 14.6 Å². The summed E-state index contributed by atoms with van der Waals surface area (Å²) in [4.78, 5) is 15.5. The third-order valence-electron chi connectivity index (χ3n) is 1.86. The summed E-state index contributed by atoms with van der Waals surface area (Å²) in [5.41, 5.74) is 6.21. The second-order valence-electron chi connectivity index (χ2n) is 2.79. The number of ether oxygens (including phenoxy) is 1. The molecular formula is C8H7IN4O2. The molecule has 0 aliphatic heterocycles. The lowest BCUT2D eigenvalue weighted by molar-refractivity contribution is 0.0604. The minimum atomic E-state index is -0.531. The van der Waals surface area contributed by atoms with Gasteiger partial charge in [0.2, 0.25) is 0 Å². The number of anilines is 1. The van der Waals surface area contributed by atoms with E-state index in [0.717, 1.165) is 3.57 Å². The molecule has 15 heavy (non-hydrogen) atoms. The number of nitrogens with zero attached hydrogens (tertiary/aromatic N) is 3. The third-order valence-corrected chi connectivity index (χ3v) is 2.41. The zero-order chi connectivity index (χ0) is 11.0. The molecule has 0 aromatic carbocycles. The summed E-state index contributed by atoms with van der Waals surface area (Å²) in [6.07, 6.45) is 3.36. The lowest BCUT2D eigenvalue weighted by atomic mass is 10.3. The number of rotatable bonds is 1. The molecule has 2 N–H and O–H groups in total. The van der Waals surface area contributed by atoms with E-state index in [2.05, 4.69) is 37.4 Å². The van der Waals surface area contributed by atoms with E-state index in [4.69, 9.17) is 5.73 Å². The van der Waals surface area contributed by atoms with Gasteiger partial charge in [-0.05, 0) is 22.6 Å². The van der Waals surface area contributed by atoms with Crippen LogP contribution in [0.3, 0.4) is 0 Å². The van der Waals surface area contributed by atoms with Crippen LogP contribution in [0.5, 0.6) is 0 Å². The largest absolute Gasteiger partial charge is 0.465 e. The van der Waals surface area contributed by atoms with Crippen molar-refractivity contribution < 1.29 is 9.53 Å². The lowest BCUT2D eigenvalue weighted by Crippen LogP contribution is -2.04. The van der Waals surface area contributed by atoms with Crippen LogP contribution < -0.4 is 5.73 Å². The van der Waals surface area contributed by atoms with E-state index in [1.54, 1.807) is 12.4 Å². The summed E-state index contributed by atoms with van der Waals surface area (Å²) in [6, 6.07) is 0. The number of hydrogen-bond donors (Lipinski definition) is 1. The minimum absolute atomic E-state index is 0.122. The molecule has 0 amide bonds. The number of esters is 1. The number of carbonyl (C=O) groups excluding carboxylic acids is 1. The van der Waals surface area contributed by atoms with Crippen molar-refractivity contribution in [2.75, 3.05) is 12.8 Å². The topological polar surface area (TPSA) is 82.5 Å². The smallest absolute Gasteiger partial charge is 0.345 e. The maximum absolute atomic E-state index is 11.4. The van der Waals surface area contributed by atoms with Gasteiger partial charge in [0, 0.05) is 16.0 Å². The van der Waals surface area contributed by atoms with Gasteiger partial charge in [-0.25, -0.2) is 14.3 Å². The Bertz CT molecular complexity index is 537. The number of aromatic nitrogens is 3.